The van der Waals surface area contributed by atoms with Crippen molar-refractivity contribution in [2.75, 3.05) is 18.4 Å². The molecule has 0 heterocycles. The van der Waals surface area contributed by atoms with E-state index < -0.39 is 105 Å². The molecule has 3 aliphatic rings. The Kier molecular flexibility index (Phi) is 7.80. The molecule has 0 aromatic heterocycles. The average Bonchev–Trinajstić information content (AvgIpc) is 2.85. The number of primary amides is 1. The molecular weight excluding hydrogens is 555 g/mol. The first-order valence-corrected chi connectivity index (χ1v) is 12.7. The van der Waals surface area contributed by atoms with Crippen LogP contribution in [0, 0.1) is 11.8 Å². The van der Waals surface area contributed by atoms with E-state index in [1.165, 1.54) is 0 Å². The van der Waals surface area contributed by atoms with Gasteiger partial charge in [0, 0.05) is 29.5 Å². The smallest absolute Gasteiger partial charge is 0.511 e. The summed E-state index contributed by atoms with van der Waals surface area (Å²) in [5.41, 5.74) is -0.921. The number of aromatic hydroxyl groups is 1. The van der Waals surface area contributed by atoms with E-state index in [9.17, 15) is 52.8 Å². The zero-order chi connectivity index (χ0) is 30.4. The Morgan fingerprint density at radius 2 is 1.88 bits per heavy atom. The molecule has 1 aromatic carbocycles. The van der Waals surface area contributed by atoms with Gasteiger partial charge in [0.15, 0.2) is 17.1 Å². The minimum Gasteiger partial charge on any atom is -0.511 e. The number of benzene rings is 1. The monoisotopic (exact) mass is 583 g/mol. The summed E-state index contributed by atoms with van der Waals surface area (Å²) in [6.07, 6.45) is -4.82. The van der Waals surface area contributed by atoms with Crippen molar-refractivity contribution in [3.8, 4) is 11.5 Å². The van der Waals surface area contributed by atoms with Gasteiger partial charge in [-0.3, -0.25) is 19.2 Å². The molecule has 3 atom stereocenters. The van der Waals surface area contributed by atoms with Crippen molar-refractivity contribution in [2.24, 2.45) is 17.6 Å². The minimum atomic E-state index is -5.22. The Bertz CT molecular complexity index is 1400. The first-order valence-electron chi connectivity index (χ1n) is 12.7. The van der Waals surface area contributed by atoms with Gasteiger partial charge >= 0.3 is 6.36 Å². The van der Waals surface area contributed by atoms with E-state index in [4.69, 9.17) is 5.73 Å². The number of phenols is 1. The summed E-state index contributed by atoms with van der Waals surface area (Å²) in [6.45, 7) is 2.15. The summed E-state index contributed by atoms with van der Waals surface area (Å²) >= 11 is 0. The number of halogens is 3. The van der Waals surface area contributed by atoms with Crippen molar-refractivity contribution in [3.63, 3.8) is 0 Å². The van der Waals surface area contributed by atoms with Gasteiger partial charge in [-0.25, -0.2) is 0 Å². The number of nitrogens with two attached hydrogens (primary N) is 1. The molecule has 12 nitrogen and oxygen atoms in total. The molecule has 41 heavy (non-hydrogen) atoms. The number of phenolic OH excluding ortho intramolecular Hbond substituents is 1. The van der Waals surface area contributed by atoms with Crippen LogP contribution in [0.3, 0.4) is 0 Å². The molecule has 222 valence electrons. The largest absolute Gasteiger partial charge is 0.573 e. The SMILES string of the molecule is CCCCNCC(=O)Nc1cc(OC(F)(F)F)c2c(c1O)C(=O)C1=C(O)[C@]3(O)C(=O)C(C(N)=O)=C(O)C[C@@H]3CC1C2. The predicted octanol–water partition coefficient (Wildman–Crippen LogP) is 1.81. The molecule has 0 fully saturated rings. The second-order valence-corrected chi connectivity index (χ2v) is 10.2. The Morgan fingerprint density at radius 1 is 1.20 bits per heavy atom. The molecule has 0 bridgehead atoms. The zero-order valence-corrected chi connectivity index (χ0v) is 21.7. The number of hydrogen-bond donors (Lipinski definition) is 7. The number of carbonyl (C=O) groups is 4. The Labute approximate surface area is 230 Å². The van der Waals surface area contributed by atoms with Gasteiger partial charge in [0.25, 0.3) is 5.91 Å². The third-order valence-corrected chi connectivity index (χ3v) is 7.51. The minimum absolute atomic E-state index is 0.257. The van der Waals surface area contributed by atoms with Gasteiger partial charge in [-0.05, 0) is 31.7 Å². The molecule has 2 amide bonds. The van der Waals surface area contributed by atoms with Crippen LogP contribution >= 0.6 is 0 Å². The van der Waals surface area contributed by atoms with Crippen molar-refractivity contribution < 1.29 is 57.5 Å². The predicted molar refractivity (Wildman–Crippen MR) is 134 cm³/mol. The van der Waals surface area contributed by atoms with E-state index in [-0.39, 0.29) is 18.5 Å². The summed E-state index contributed by atoms with van der Waals surface area (Å²) in [5.74, 6) is -10.8. The highest BCUT2D eigenvalue weighted by molar-refractivity contribution is 6.24. The fraction of sp³-hybridized carbons (Fsp3) is 0.462. The number of Topliss-reactive ketones (excluding diaryl/α,β-unsaturated/α-hetero) is 2. The van der Waals surface area contributed by atoms with Crippen LogP contribution in [0.15, 0.2) is 28.7 Å². The fourth-order valence-corrected chi connectivity index (χ4v) is 5.66. The Morgan fingerprint density at radius 3 is 2.49 bits per heavy atom. The maximum absolute atomic E-state index is 13.7. The number of allylic oxidation sites excluding steroid dienone is 2. The normalized spacial score (nSPS) is 24.0. The molecule has 8 N–H and O–H groups in total. The van der Waals surface area contributed by atoms with Crippen LogP contribution in [0.5, 0.6) is 11.5 Å². The Balaban J connectivity index is 1.81. The van der Waals surface area contributed by atoms with E-state index in [0.29, 0.717) is 6.54 Å². The van der Waals surface area contributed by atoms with Crippen molar-refractivity contribution in [3.05, 3.63) is 39.9 Å². The van der Waals surface area contributed by atoms with Crippen molar-refractivity contribution in [2.45, 2.75) is 51.0 Å². The number of fused-ring (bicyclic) bond motifs is 3. The van der Waals surface area contributed by atoms with E-state index in [2.05, 4.69) is 15.4 Å². The fourth-order valence-electron chi connectivity index (χ4n) is 5.66. The molecule has 1 aromatic rings. The molecular formula is C26H28F3N3O9. The van der Waals surface area contributed by atoms with E-state index in [0.717, 1.165) is 18.9 Å². The lowest BCUT2D eigenvalue weighted by Crippen LogP contribution is -2.57. The number of ether oxygens (including phenoxy) is 1. The van der Waals surface area contributed by atoms with E-state index in [1.54, 1.807) is 0 Å². The molecule has 0 spiro atoms. The van der Waals surface area contributed by atoms with Crippen LogP contribution in [-0.4, -0.2) is 68.9 Å². The molecule has 15 heteroatoms. The number of amides is 2. The summed E-state index contributed by atoms with van der Waals surface area (Å²) in [5, 5.41) is 48.5. The number of aliphatic hydroxyl groups is 3. The van der Waals surface area contributed by atoms with Crippen LogP contribution in [0.4, 0.5) is 18.9 Å². The zero-order valence-electron chi connectivity index (χ0n) is 21.7. The van der Waals surface area contributed by atoms with Crippen LogP contribution in [0.1, 0.15) is 48.5 Å². The lowest BCUT2D eigenvalue weighted by atomic mass is 9.60. The number of nitrogens with one attached hydrogen (secondary N) is 2. The molecule has 0 saturated heterocycles. The second-order valence-electron chi connectivity index (χ2n) is 10.2. The number of unbranched alkanes of at least 4 members (excludes halogenated alkanes) is 1. The van der Waals surface area contributed by atoms with Gasteiger partial charge in [-0.15, -0.1) is 13.2 Å². The van der Waals surface area contributed by atoms with Crippen LogP contribution in [0.25, 0.3) is 0 Å². The highest BCUT2D eigenvalue weighted by atomic mass is 19.4. The van der Waals surface area contributed by atoms with E-state index in [1.807, 2.05) is 6.92 Å². The van der Waals surface area contributed by atoms with Crippen molar-refractivity contribution in [1.82, 2.24) is 5.32 Å². The lowest BCUT2D eigenvalue weighted by Gasteiger charge is -2.45. The van der Waals surface area contributed by atoms with Crippen molar-refractivity contribution >= 4 is 29.1 Å². The topological polar surface area (TPSA) is 209 Å². The number of anilines is 1. The number of alkyl halides is 3. The maximum atomic E-state index is 13.7. The van der Waals surface area contributed by atoms with Crippen LogP contribution < -0.4 is 21.1 Å². The number of rotatable bonds is 8. The van der Waals surface area contributed by atoms with Gasteiger partial charge in [-0.2, -0.15) is 0 Å². The molecule has 1 unspecified atom stereocenters. The quantitative estimate of drug-likeness (QED) is 0.134. The number of carbonyl (C=O) groups excluding carboxylic acids is 4. The second kappa shape index (κ2) is 10.7. The van der Waals surface area contributed by atoms with Gasteiger partial charge in [0.05, 0.1) is 17.8 Å². The first kappa shape index (κ1) is 29.9. The number of aliphatic hydroxyl groups excluding tert-OH is 2. The van der Waals surface area contributed by atoms with Crippen molar-refractivity contribution in [1.29, 1.82) is 0 Å². The van der Waals surface area contributed by atoms with Crippen LogP contribution in [-0.2, 0) is 20.8 Å². The van der Waals surface area contributed by atoms with Crippen LogP contribution in [0.2, 0.25) is 0 Å². The summed E-state index contributed by atoms with van der Waals surface area (Å²) in [6, 6.07) is 0.727. The van der Waals surface area contributed by atoms with Gasteiger partial charge in [0.2, 0.25) is 11.7 Å². The molecule has 0 saturated carbocycles. The first-order chi connectivity index (χ1) is 19.1. The number of hydrogen-bond acceptors (Lipinski definition) is 10. The van der Waals surface area contributed by atoms with E-state index >= 15 is 0 Å². The standard InChI is InChI=1S/C26H28F3N3O9/c1-2-3-4-31-9-16(34)32-13-8-15(41-26(27,28)29)12-6-10-5-11-7-14(33)19(24(30)39)23(38)25(11,40)22(37)17(10)21(36)18(12)20(13)35/h8,10-11,31,33,35,37,40H,2-7,9H2,1H3,(H2,30,39)(H,32,34)/t10?,11-,25-/m0/s1. The third-order valence-electron chi connectivity index (χ3n) is 7.51. The molecule has 0 aliphatic heterocycles. The van der Waals surface area contributed by atoms with Gasteiger partial charge in [0.1, 0.15) is 22.8 Å². The summed E-state index contributed by atoms with van der Waals surface area (Å²) in [7, 11) is 0. The van der Waals surface area contributed by atoms with Gasteiger partial charge < -0.3 is 41.5 Å². The third kappa shape index (κ3) is 5.22. The number of ketones is 2. The summed E-state index contributed by atoms with van der Waals surface area (Å²) in [4.78, 5) is 50.8. The average molecular weight is 584 g/mol. The van der Waals surface area contributed by atoms with Gasteiger partial charge in [-0.1, -0.05) is 13.3 Å². The Hall–Kier alpha value is -4.11. The molecule has 3 aliphatic carbocycles. The highest BCUT2D eigenvalue weighted by Crippen LogP contribution is 2.53. The highest BCUT2D eigenvalue weighted by Gasteiger charge is 2.60. The molecule has 4 rings (SSSR count). The lowest BCUT2D eigenvalue weighted by molar-refractivity contribution is -0.275. The molecule has 0 radical (unpaired) electrons. The summed E-state index contributed by atoms with van der Waals surface area (Å²) < 4.78 is 44.2. The maximum Gasteiger partial charge on any atom is 0.573 e.